The third kappa shape index (κ3) is 6.36. The molecule has 2 atom stereocenters. The SMILES string of the molecule is CCOC(=O)C(CC)Cc1ccc(OC(Cc2ncc(CC)c(C)n2)c2cncs2)cc1. The molecule has 2 unspecified atom stereocenters. The fourth-order valence-corrected chi connectivity index (χ4v) is 4.19. The summed E-state index contributed by atoms with van der Waals surface area (Å²) in [5, 5.41) is 0. The number of carbonyl (C=O) groups excluding carboxylic acids is 1. The van der Waals surface area contributed by atoms with E-state index in [0.717, 1.165) is 46.1 Å². The van der Waals surface area contributed by atoms with Crippen LogP contribution in [0, 0.1) is 12.8 Å². The van der Waals surface area contributed by atoms with Crippen LogP contribution in [-0.2, 0) is 28.8 Å². The van der Waals surface area contributed by atoms with E-state index in [1.165, 1.54) is 0 Å². The van der Waals surface area contributed by atoms with Gasteiger partial charge in [0.15, 0.2) is 0 Å². The second-order valence-corrected chi connectivity index (χ2v) is 8.59. The van der Waals surface area contributed by atoms with Gasteiger partial charge in [-0.05, 0) is 56.4 Å². The van der Waals surface area contributed by atoms with Gasteiger partial charge in [0, 0.05) is 24.5 Å². The average Bonchev–Trinajstić information content (AvgIpc) is 3.33. The van der Waals surface area contributed by atoms with E-state index in [4.69, 9.17) is 9.47 Å². The van der Waals surface area contributed by atoms with Crippen LogP contribution in [0.3, 0.4) is 0 Å². The third-order valence-corrected chi connectivity index (χ3v) is 6.31. The number of esters is 1. The lowest BCUT2D eigenvalue weighted by Crippen LogP contribution is -2.19. The van der Waals surface area contributed by atoms with Crippen LogP contribution in [0.25, 0.3) is 0 Å². The maximum Gasteiger partial charge on any atom is 0.309 e. The highest BCUT2D eigenvalue weighted by atomic mass is 32.1. The van der Waals surface area contributed by atoms with Crippen LogP contribution in [0.2, 0.25) is 0 Å². The fraction of sp³-hybridized carbons (Fsp3) is 0.440. The molecule has 0 amide bonds. The summed E-state index contributed by atoms with van der Waals surface area (Å²) >= 11 is 1.56. The lowest BCUT2D eigenvalue weighted by molar-refractivity contribution is -0.148. The summed E-state index contributed by atoms with van der Waals surface area (Å²) in [7, 11) is 0. The Hall–Kier alpha value is -2.80. The minimum absolute atomic E-state index is 0.127. The van der Waals surface area contributed by atoms with Gasteiger partial charge < -0.3 is 9.47 Å². The summed E-state index contributed by atoms with van der Waals surface area (Å²) in [5.41, 5.74) is 5.06. The van der Waals surface area contributed by atoms with Crippen molar-refractivity contribution in [2.45, 2.75) is 59.5 Å². The molecule has 2 aromatic heterocycles. The molecule has 0 saturated carbocycles. The predicted octanol–water partition coefficient (Wildman–Crippen LogP) is 5.30. The number of aromatic nitrogens is 3. The molecule has 0 saturated heterocycles. The summed E-state index contributed by atoms with van der Waals surface area (Å²) in [5.74, 6) is 1.26. The van der Waals surface area contributed by atoms with Crippen molar-refractivity contribution in [1.29, 1.82) is 0 Å². The Morgan fingerprint density at radius 3 is 2.47 bits per heavy atom. The zero-order valence-corrected chi connectivity index (χ0v) is 20.0. The maximum absolute atomic E-state index is 12.1. The summed E-state index contributed by atoms with van der Waals surface area (Å²) < 4.78 is 11.5. The fourth-order valence-electron chi connectivity index (χ4n) is 3.54. The Bertz CT molecular complexity index is 990. The van der Waals surface area contributed by atoms with Crippen molar-refractivity contribution in [3.05, 3.63) is 69.7 Å². The molecular weight excluding hydrogens is 422 g/mol. The average molecular weight is 454 g/mol. The molecule has 0 N–H and O–H groups in total. The zero-order chi connectivity index (χ0) is 22.9. The minimum atomic E-state index is -0.219. The Morgan fingerprint density at radius 1 is 1.09 bits per heavy atom. The van der Waals surface area contributed by atoms with Gasteiger partial charge in [-0.3, -0.25) is 9.78 Å². The summed E-state index contributed by atoms with van der Waals surface area (Å²) in [6.45, 7) is 8.38. The molecule has 3 rings (SSSR count). The van der Waals surface area contributed by atoms with Gasteiger partial charge in [0.05, 0.1) is 22.9 Å². The molecule has 7 heteroatoms. The predicted molar refractivity (Wildman–Crippen MR) is 126 cm³/mol. The van der Waals surface area contributed by atoms with Gasteiger partial charge >= 0.3 is 5.97 Å². The molecule has 0 fully saturated rings. The topological polar surface area (TPSA) is 74.2 Å². The van der Waals surface area contributed by atoms with Crippen LogP contribution in [0.4, 0.5) is 0 Å². The summed E-state index contributed by atoms with van der Waals surface area (Å²) in [6.07, 6.45) is 6.42. The van der Waals surface area contributed by atoms with E-state index in [-0.39, 0.29) is 18.0 Å². The highest BCUT2D eigenvalue weighted by Crippen LogP contribution is 2.28. The van der Waals surface area contributed by atoms with Gasteiger partial charge in [0.1, 0.15) is 17.7 Å². The van der Waals surface area contributed by atoms with Crippen molar-refractivity contribution >= 4 is 17.3 Å². The Kier molecular flexibility index (Phi) is 8.73. The van der Waals surface area contributed by atoms with E-state index >= 15 is 0 Å². The van der Waals surface area contributed by atoms with Crippen LogP contribution in [0.15, 0.2) is 42.2 Å². The molecule has 0 aliphatic carbocycles. The highest BCUT2D eigenvalue weighted by molar-refractivity contribution is 7.09. The van der Waals surface area contributed by atoms with Gasteiger partial charge in [0.25, 0.3) is 0 Å². The normalized spacial score (nSPS) is 12.9. The molecule has 3 aromatic rings. The molecule has 32 heavy (non-hydrogen) atoms. The van der Waals surface area contributed by atoms with Crippen molar-refractivity contribution in [2.75, 3.05) is 6.61 Å². The van der Waals surface area contributed by atoms with Crippen molar-refractivity contribution in [3.63, 3.8) is 0 Å². The van der Waals surface area contributed by atoms with Gasteiger partial charge in [-0.1, -0.05) is 26.0 Å². The lowest BCUT2D eigenvalue weighted by atomic mass is 9.97. The van der Waals surface area contributed by atoms with Crippen LogP contribution in [-0.4, -0.2) is 27.5 Å². The molecule has 1 aromatic carbocycles. The van der Waals surface area contributed by atoms with E-state index in [9.17, 15) is 4.79 Å². The minimum Gasteiger partial charge on any atom is -0.484 e. The van der Waals surface area contributed by atoms with E-state index in [1.54, 1.807) is 16.8 Å². The van der Waals surface area contributed by atoms with Crippen molar-refractivity contribution < 1.29 is 14.3 Å². The Labute approximate surface area is 194 Å². The Morgan fingerprint density at radius 2 is 1.88 bits per heavy atom. The van der Waals surface area contributed by atoms with Crippen molar-refractivity contribution in [1.82, 2.24) is 15.0 Å². The first-order chi connectivity index (χ1) is 15.5. The van der Waals surface area contributed by atoms with Gasteiger partial charge in [-0.25, -0.2) is 9.97 Å². The molecule has 0 spiro atoms. The first-order valence-corrected chi connectivity index (χ1v) is 12.0. The maximum atomic E-state index is 12.1. The largest absolute Gasteiger partial charge is 0.484 e. The number of aryl methyl sites for hydroxylation is 2. The molecule has 6 nitrogen and oxygen atoms in total. The first-order valence-electron chi connectivity index (χ1n) is 11.2. The number of ether oxygens (including phenoxy) is 2. The number of thiazole rings is 1. The second kappa shape index (κ2) is 11.7. The number of hydrogen-bond donors (Lipinski definition) is 0. The number of rotatable bonds is 11. The van der Waals surface area contributed by atoms with Crippen molar-refractivity contribution in [2.24, 2.45) is 5.92 Å². The van der Waals surface area contributed by atoms with Crippen LogP contribution >= 0.6 is 11.3 Å². The zero-order valence-electron chi connectivity index (χ0n) is 19.2. The molecule has 0 radical (unpaired) electrons. The van der Waals surface area contributed by atoms with Crippen LogP contribution in [0.1, 0.15) is 60.8 Å². The molecule has 0 bridgehead atoms. The highest BCUT2D eigenvalue weighted by Gasteiger charge is 2.20. The van der Waals surface area contributed by atoms with Gasteiger partial charge in [-0.15, -0.1) is 11.3 Å². The molecular formula is C25H31N3O3S. The van der Waals surface area contributed by atoms with Gasteiger partial charge in [0.2, 0.25) is 0 Å². The number of hydrogen-bond acceptors (Lipinski definition) is 7. The van der Waals surface area contributed by atoms with E-state index < -0.39 is 0 Å². The smallest absolute Gasteiger partial charge is 0.309 e. The summed E-state index contributed by atoms with van der Waals surface area (Å²) in [6, 6.07) is 7.93. The third-order valence-electron chi connectivity index (χ3n) is 5.45. The van der Waals surface area contributed by atoms with E-state index in [2.05, 4.69) is 21.9 Å². The van der Waals surface area contributed by atoms with E-state index in [0.29, 0.717) is 19.4 Å². The van der Waals surface area contributed by atoms with Crippen LogP contribution < -0.4 is 4.74 Å². The number of benzene rings is 1. The molecule has 170 valence electrons. The quantitative estimate of drug-likeness (QED) is 0.367. The lowest BCUT2D eigenvalue weighted by Gasteiger charge is -2.18. The number of nitrogens with zero attached hydrogens (tertiary/aromatic N) is 3. The van der Waals surface area contributed by atoms with Gasteiger partial charge in [-0.2, -0.15) is 0 Å². The Balaban J connectivity index is 1.71. The first kappa shape index (κ1) is 23.9. The van der Waals surface area contributed by atoms with Crippen LogP contribution in [0.5, 0.6) is 5.75 Å². The molecule has 0 aliphatic heterocycles. The van der Waals surface area contributed by atoms with E-state index in [1.807, 2.05) is 57.4 Å². The molecule has 2 heterocycles. The molecule has 0 aliphatic rings. The monoisotopic (exact) mass is 453 g/mol. The second-order valence-electron chi connectivity index (χ2n) is 7.67. The summed E-state index contributed by atoms with van der Waals surface area (Å²) in [4.78, 5) is 26.6. The van der Waals surface area contributed by atoms with Crippen molar-refractivity contribution in [3.8, 4) is 5.75 Å². The standard InChI is InChI=1S/C25H31N3O3S/c1-5-19(25(29)30-7-3)12-18-8-10-21(11-9-18)31-22(23-15-26-16-32-23)13-24-27-14-20(6-2)17(4)28-24/h8-11,14-16,19,22H,5-7,12-13H2,1-4H3. The number of carbonyl (C=O) groups is 1.